The second-order valence-electron chi connectivity index (χ2n) is 19.5. The number of allylic oxidation sites excluding steroid dienone is 9. The zero-order valence-corrected chi connectivity index (χ0v) is 37.3. The van der Waals surface area contributed by atoms with E-state index >= 15 is 0 Å². The van der Waals surface area contributed by atoms with Gasteiger partial charge in [-0.15, -0.1) is 0 Å². The Kier molecular flexibility index (Phi) is 9.48. The highest BCUT2D eigenvalue weighted by Gasteiger charge is 2.38. The van der Waals surface area contributed by atoms with Crippen LogP contribution in [-0.2, 0) is 5.41 Å². The number of aromatic nitrogens is 1. The summed E-state index contributed by atoms with van der Waals surface area (Å²) in [5, 5.41) is 1.32. The van der Waals surface area contributed by atoms with Gasteiger partial charge in [-0.2, -0.15) is 0 Å². The van der Waals surface area contributed by atoms with Crippen molar-refractivity contribution in [3.8, 4) is 27.9 Å². The van der Waals surface area contributed by atoms with Gasteiger partial charge in [0.15, 0.2) is 0 Å². The summed E-state index contributed by atoms with van der Waals surface area (Å²) in [7, 11) is 0. The zero-order valence-electron chi connectivity index (χ0n) is 37.3. The molecule has 314 valence electrons. The van der Waals surface area contributed by atoms with Crippen LogP contribution in [-0.4, -0.2) is 4.57 Å². The second-order valence-corrected chi connectivity index (χ2v) is 19.5. The molecule has 3 atom stereocenters. The molecule has 2 nitrogen and oxygen atoms in total. The maximum Gasteiger partial charge on any atom is 0.0544 e. The third-order valence-electron chi connectivity index (χ3n) is 15.5. The first kappa shape index (κ1) is 39.0. The predicted molar refractivity (Wildman–Crippen MR) is 270 cm³/mol. The largest absolute Gasteiger partial charge is 0.313 e. The van der Waals surface area contributed by atoms with Gasteiger partial charge in [0, 0.05) is 62.6 Å². The minimum absolute atomic E-state index is 0.111. The van der Waals surface area contributed by atoms with Gasteiger partial charge < -0.3 is 9.47 Å². The van der Waals surface area contributed by atoms with Crippen molar-refractivity contribution in [1.29, 1.82) is 0 Å². The van der Waals surface area contributed by atoms with Gasteiger partial charge in [0.25, 0.3) is 0 Å². The Balaban J connectivity index is 0.991. The van der Waals surface area contributed by atoms with Gasteiger partial charge in [-0.05, 0) is 118 Å². The first-order chi connectivity index (χ1) is 31.4. The summed E-state index contributed by atoms with van der Waals surface area (Å²) in [6.45, 7) is 7.15. The number of fused-ring (bicyclic) bond motifs is 7. The number of anilines is 3. The number of para-hydroxylation sites is 2. The quantitative estimate of drug-likeness (QED) is 0.155. The summed E-state index contributed by atoms with van der Waals surface area (Å²) < 4.78 is 2.51. The highest BCUT2D eigenvalue weighted by atomic mass is 15.1. The van der Waals surface area contributed by atoms with Gasteiger partial charge in [-0.3, -0.25) is 0 Å². The topological polar surface area (TPSA) is 8.17 Å². The van der Waals surface area contributed by atoms with Crippen LogP contribution in [0, 0.1) is 11.8 Å². The van der Waals surface area contributed by atoms with Gasteiger partial charge in [0.1, 0.15) is 0 Å². The van der Waals surface area contributed by atoms with Crippen LogP contribution in [0.5, 0.6) is 0 Å². The van der Waals surface area contributed by atoms with E-state index in [1.165, 1.54) is 116 Å². The predicted octanol–water partition coefficient (Wildman–Crippen LogP) is 16.9. The second kappa shape index (κ2) is 15.6. The molecule has 0 N–H and O–H groups in total. The van der Waals surface area contributed by atoms with Crippen LogP contribution in [0.3, 0.4) is 0 Å². The summed E-state index contributed by atoms with van der Waals surface area (Å²) >= 11 is 0. The molecule has 1 fully saturated rings. The van der Waals surface area contributed by atoms with Crippen molar-refractivity contribution in [2.45, 2.75) is 76.5 Å². The molecule has 2 heteroatoms. The SMILES string of the molecule is CC1CC=Cc2c1n(-c1ccccc1)c1cc(-c3ccc(N(c4ccc5c(c4)C(C)(C)c4ccccc4-5)c4ccccc4C4C=CC=C5C=CC=C(C6CCCCC6)C54)cc3)ccc21. The molecule has 0 spiro atoms. The third kappa shape index (κ3) is 6.28. The maximum absolute atomic E-state index is 2.55. The zero-order chi connectivity index (χ0) is 42.9. The van der Waals surface area contributed by atoms with Crippen LogP contribution in [0.1, 0.15) is 99.1 Å². The number of hydrogen-bond donors (Lipinski definition) is 0. The van der Waals surface area contributed by atoms with Gasteiger partial charge in [0.2, 0.25) is 0 Å². The van der Waals surface area contributed by atoms with Crippen LogP contribution < -0.4 is 4.90 Å². The Hall–Kier alpha value is -6.64. The first-order valence-corrected chi connectivity index (χ1v) is 23.8. The van der Waals surface area contributed by atoms with Gasteiger partial charge in [-0.25, -0.2) is 0 Å². The average molecular weight is 829 g/mol. The summed E-state index contributed by atoms with van der Waals surface area (Å²) in [6.07, 6.45) is 26.7. The molecular formula is C62H56N2. The Morgan fingerprint density at radius 1 is 0.641 bits per heavy atom. The molecule has 6 aromatic carbocycles. The Labute approximate surface area is 379 Å². The van der Waals surface area contributed by atoms with Gasteiger partial charge >= 0.3 is 0 Å². The van der Waals surface area contributed by atoms with E-state index < -0.39 is 0 Å². The highest BCUT2D eigenvalue weighted by Crippen LogP contribution is 2.53. The molecule has 12 rings (SSSR count). The highest BCUT2D eigenvalue weighted by molar-refractivity contribution is 5.96. The normalized spacial score (nSPS) is 20.6. The smallest absolute Gasteiger partial charge is 0.0544 e. The van der Waals surface area contributed by atoms with E-state index in [9.17, 15) is 0 Å². The lowest BCUT2D eigenvalue weighted by atomic mass is 9.66. The minimum Gasteiger partial charge on any atom is -0.313 e. The molecule has 0 bridgehead atoms. The van der Waals surface area contributed by atoms with E-state index in [2.05, 4.69) is 218 Å². The van der Waals surface area contributed by atoms with Crippen LogP contribution in [0.4, 0.5) is 17.1 Å². The maximum atomic E-state index is 2.55. The summed E-state index contributed by atoms with van der Waals surface area (Å²) in [6, 6.07) is 52.9. The molecule has 1 heterocycles. The van der Waals surface area contributed by atoms with E-state index in [-0.39, 0.29) is 11.3 Å². The summed E-state index contributed by atoms with van der Waals surface area (Å²) in [4.78, 5) is 2.55. The molecule has 0 amide bonds. The van der Waals surface area contributed by atoms with Crippen molar-refractivity contribution in [1.82, 2.24) is 4.57 Å². The van der Waals surface area contributed by atoms with Crippen molar-refractivity contribution in [2.75, 3.05) is 4.90 Å². The summed E-state index contributed by atoms with van der Waals surface area (Å²) in [5.41, 5.74) is 21.1. The van der Waals surface area contributed by atoms with Crippen molar-refractivity contribution in [2.24, 2.45) is 11.8 Å². The van der Waals surface area contributed by atoms with E-state index in [1.807, 2.05) is 0 Å². The van der Waals surface area contributed by atoms with Crippen molar-refractivity contribution in [3.63, 3.8) is 0 Å². The van der Waals surface area contributed by atoms with E-state index in [0.29, 0.717) is 17.8 Å². The molecule has 0 radical (unpaired) electrons. The average Bonchev–Trinajstić information content (AvgIpc) is 3.80. The minimum atomic E-state index is -0.111. The molecule has 1 saturated carbocycles. The monoisotopic (exact) mass is 828 g/mol. The lowest BCUT2D eigenvalue weighted by Gasteiger charge is -2.39. The third-order valence-corrected chi connectivity index (χ3v) is 15.5. The number of rotatable bonds is 7. The lowest BCUT2D eigenvalue weighted by Crippen LogP contribution is -2.26. The molecule has 5 aliphatic rings. The van der Waals surface area contributed by atoms with Crippen molar-refractivity contribution < 1.29 is 0 Å². The Bertz CT molecular complexity index is 3100. The first-order valence-electron chi connectivity index (χ1n) is 23.8. The molecular weight excluding hydrogens is 773 g/mol. The number of hydrogen-bond acceptors (Lipinski definition) is 1. The van der Waals surface area contributed by atoms with Crippen LogP contribution in [0.2, 0.25) is 0 Å². The molecule has 1 aromatic heterocycles. The molecule has 3 unspecified atom stereocenters. The fraction of sp³-hybridized carbons (Fsp3) is 0.226. The fourth-order valence-electron chi connectivity index (χ4n) is 12.3. The fourth-order valence-corrected chi connectivity index (χ4v) is 12.3. The summed E-state index contributed by atoms with van der Waals surface area (Å²) in [5.74, 6) is 1.66. The van der Waals surface area contributed by atoms with Gasteiger partial charge in [0.05, 0.1) is 5.52 Å². The van der Waals surface area contributed by atoms with E-state index in [1.54, 1.807) is 5.57 Å². The molecule has 0 saturated heterocycles. The van der Waals surface area contributed by atoms with Crippen LogP contribution >= 0.6 is 0 Å². The van der Waals surface area contributed by atoms with E-state index in [4.69, 9.17) is 0 Å². The number of nitrogens with zero attached hydrogens (tertiary/aromatic N) is 2. The Morgan fingerprint density at radius 3 is 2.25 bits per heavy atom. The molecule has 0 aliphatic heterocycles. The van der Waals surface area contributed by atoms with Crippen LogP contribution in [0.25, 0.3) is 44.9 Å². The number of benzene rings is 6. The van der Waals surface area contributed by atoms with E-state index in [0.717, 1.165) is 12.1 Å². The Morgan fingerprint density at radius 2 is 1.39 bits per heavy atom. The van der Waals surface area contributed by atoms with Crippen molar-refractivity contribution >= 4 is 34.0 Å². The molecule has 7 aromatic rings. The van der Waals surface area contributed by atoms with Crippen LogP contribution in [0.15, 0.2) is 193 Å². The standard InChI is InChI=1S/C62H56N2/c1-41-17-14-28-55-53-37-33-45(39-59(53)64(61(41)55)46-22-8-5-9-23-46)42-31-34-47(35-32-42)63(48-36-38-51-50-24-10-12-29-56(50)62(2,3)57(51)40-48)58-30-13-11-25-52(58)54-27-16-21-44-20-15-26-49(60(44)54)43-18-6-4-7-19-43/h5,8-16,20-41,43,54,60H,4,6-7,17-19H2,1-3H3. The lowest BCUT2D eigenvalue weighted by molar-refractivity contribution is 0.373. The van der Waals surface area contributed by atoms with Crippen molar-refractivity contribution in [3.05, 3.63) is 221 Å². The molecule has 64 heavy (non-hydrogen) atoms. The van der Waals surface area contributed by atoms with Gasteiger partial charge in [-0.1, -0.05) is 185 Å². The molecule has 5 aliphatic carbocycles.